The first kappa shape index (κ1) is 33.9. The van der Waals surface area contributed by atoms with Crippen molar-refractivity contribution >= 4 is 113 Å². The molecule has 0 aliphatic heterocycles. The average molecular weight is 1010 g/mol. The van der Waals surface area contributed by atoms with Crippen LogP contribution in [0.15, 0.2) is 48.7 Å². The van der Waals surface area contributed by atoms with E-state index in [9.17, 15) is 14.7 Å². The maximum absolute atomic E-state index is 10.9. The maximum atomic E-state index is 10.9. The van der Waals surface area contributed by atoms with Crippen LogP contribution in [-0.4, -0.2) is 46.8 Å². The molecule has 9 nitrogen and oxygen atoms in total. The van der Waals surface area contributed by atoms with Crippen LogP contribution in [0.1, 0.15) is 18.1 Å². The molecule has 0 radical (unpaired) electrons. The van der Waals surface area contributed by atoms with Crippen molar-refractivity contribution in [2.24, 2.45) is 5.73 Å². The van der Waals surface area contributed by atoms with E-state index >= 15 is 0 Å². The quantitative estimate of drug-likeness (QED) is 0.122. The number of H-pyrrole nitrogens is 1. The molecule has 0 spiro atoms. The number of aromatic amines is 1. The summed E-state index contributed by atoms with van der Waals surface area (Å²) in [7, 11) is 1.66. The molecule has 4 rings (SSSR count). The number of phenols is 1. The summed E-state index contributed by atoms with van der Waals surface area (Å²) in [4.78, 5) is 24.9. The van der Waals surface area contributed by atoms with E-state index in [2.05, 4.69) is 101 Å². The number of aliphatic carboxylic acids is 1. The molecule has 0 bridgehead atoms. The molecule has 1 aromatic heterocycles. The summed E-state index contributed by atoms with van der Waals surface area (Å²) in [5.74, 6) is 1.40. The molecule has 13 heteroatoms. The summed E-state index contributed by atoms with van der Waals surface area (Å²) in [6.45, 7) is 2.18. The standard InChI is InChI=1S/C15H11I4NO4.C13H16N2O2/c16-8-4-7(5-9(17)13(8)21)24-14-10(18)1-6(2-11(14)19)3-12(20)15(22)23;1-9(16)14-6-5-10-8-15-13-4-3-11(17-2)7-12(10)13/h1-2,4-5,12,21H,3,20H2,(H,22,23);3-4,7-8,15H,5-6H2,1-2H3,(H,14,16)/t12-;/m0./s1. The van der Waals surface area contributed by atoms with Crippen molar-refractivity contribution in [2.75, 3.05) is 13.7 Å². The predicted molar refractivity (Wildman–Crippen MR) is 192 cm³/mol. The number of nitrogens with two attached hydrogens (primary N) is 1. The number of carbonyl (C=O) groups excluding carboxylic acids is 1. The van der Waals surface area contributed by atoms with E-state index in [0.29, 0.717) is 25.2 Å². The smallest absolute Gasteiger partial charge is 0.320 e. The fourth-order valence-corrected chi connectivity index (χ4v) is 7.58. The zero-order chi connectivity index (χ0) is 30.3. The fraction of sp³-hybridized carbons (Fsp3) is 0.214. The van der Waals surface area contributed by atoms with Crippen LogP contribution in [0.25, 0.3) is 10.9 Å². The molecule has 218 valence electrons. The van der Waals surface area contributed by atoms with Gasteiger partial charge >= 0.3 is 5.97 Å². The van der Waals surface area contributed by atoms with Crippen LogP contribution in [0.2, 0.25) is 0 Å². The number of nitrogens with one attached hydrogen (secondary N) is 2. The Kier molecular flexibility index (Phi) is 13.0. The summed E-state index contributed by atoms with van der Waals surface area (Å²) in [6.07, 6.45) is 3.05. The van der Waals surface area contributed by atoms with Crippen LogP contribution >= 0.6 is 90.4 Å². The Morgan fingerprint density at radius 3 is 2.20 bits per heavy atom. The molecule has 0 saturated carbocycles. The first-order valence-corrected chi connectivity index (χ1v) is 16.4. The van der Waals surface area contributed by atoms with E-state index in [1.807, 2.05) is 36.5 Å². The Morgan fingerprint density at radius 2 is 1.63 bits per heavy atom. The van der Waals surface area contributed by atoms with Crippen LogP contribution in [0, 0.1) is 14.3 Å². The highest BCUT2D eigenvalue weighted by atomic mass is 127. The topological polar surface area (TPSA) is 147 Å². The fourth-order valence-electron chi connectivity index (χ4n) is 3.75. The highest BCUT2D eigenvalue weighted by Crippen LogP contribution is 2.37. The molecule has 3 aromatic carbocycles. The third-order valence-electron chi connectivity index (χ3n) is 5.78. The van der Waals surface area contributed by atoms with Gasteiger partial charge in [0.2, 0.25) is 5.91 Å². The van der Waals surface area contributed by atoms with Gasteiger partial charge in [-0.15, -0.1) is 0 Å². The number of ether oxygens (including phenoxy) is 2. The summed E-state index contributed by atoms with van der Waals surface area (Å²) in [5.41, 5.74) is 8.72. The van der Waals surface area contributed by atoms with Gasteiger partial charge in [0.15, 0.2) is 5.75 Å². The van der Waals surface area contributed by atoms with Crippen LogP contribution in [0.5, 0.6) is 23.0 Å². The van der Waals surface area contributed by atoms with Crippen LogP contribution in [0.4, 0.5) is 0 Å². The van der Waals surface area contributed by atoms with E-state index in [1.165, 1.54) is 12.5 Å². The van der Waals surface area contributed by atoms with Crippen molar-refractivity contribution in [3.05, 3.63) is 74.1 Å². The molecule has 1 heterocycles. The molecule has 0 aliphatic rings. The number of carboxylic acids is 1. The van der Waals surface area contributed by atoms with E-state index in [0.717, 1.165) is 35.8 Å². The van der Waals surface area contributed by atoms with Crippen LogP contribution in [0.3, 0.4) is 0 Å². The molecular formula is C28H27I4N3O6. The lowest BCUT2D eigenvalue weighted by Gasteiger charge is -2.14. The molecule has 1 atom stereocenters. The van der Waals surface area contributed by atoms with E-state index in [1.54, 1.807) is 19.2 Å². The van der Waals surface area contributed by atoms with Crippen molar-refractivity contribution in [1.29, 1.82) is 0 Å². The Labute approximate surface area is 291 Å². The number of hydrogen-bond acceptors (Lipinski definition) is 6. The number of aromatic nitrogens is 1. The number of benzene rings is 3. The minimum absolute atomic E-state index is 0.00224. The third kappa shape index (κ3) is 9.72. The molecule has 4 aromatic rings. The SMILES string of the molecule is COc1ccc2[nH]cc(CCNC(C)=O)c2c1.N[C@@H](Cc1cc(I)c(Oc2cc(I)c(O)c(I)c2)c(I)c1)C(=O)O. The van der Waals surface area contributed by atoms with Gasteiger partial charge in [-0.05, 0) is 157 Å². The van der Waals surface area contributed by atoms with Gasteiger partial charge in [-0.3, -0.25) is 9.59 Å². The zero-order valence-corrected chi connectivity index (χ0v) is 30.6. The van der Waals surface area contributed by atoms with Crippen molar-refractivity contribution in [3.8, 4) is 23.0 Å². The Morgan fingerprint density at radius 1 is 1.00 bits per heavy atom. The predicted octanol–water partition coefficient (Wildman–Crippen LogP) is 6.41. The number of halogens is 4. The molecule has 41 heavy (non-hydrogen) atoms. The summed E-state index contributed by atoms with van der Waals surface area (Å²) >= 11 is 8.42. The second-order valence-corrected chi connectivity index (χ2v) is 13.5. The van der Waals surface area contributed by atoms with Gasteiger partial charge < -0.3 is 35.7 Å². The number of carboxylic acid groups (broad SMARTS) is 1. The number of rotatable bonds is 9. The van der Waals surface area contributed by atoms with Gasteiger partial charge in [0, 0.05) is 30.6 Å². The van der Waals surface area contributed by atoms with E-state index in [-0.39, 0.29) is 18.1 Å². The molecule has 6 N–H and O–H groups in total. The van der Waals surface area contributed by atoms with E-state index < -0.39 is 12.0 Å². The number of aromatic hydroxyl groups is 1. The molecule has 0 unspecified atom stereocenters. The largest absolute Gasteiger partial charge is 0.506 e. The monoisotopic (exact) mass is 1010 g/mol. The number of amides is 1. The van der Waals surface area contributed by atoms with Gasteiger partial charge in [0.05, 0.1) is 21.4 Å². The number of hydrogen-bond donors (Lipinski definition) is 5. The van der Waals surface area contributed by atoms with Gasteiger partial charge in [-0.1, -0.05) is 0 Å². The Hall–Kier alpha value is -1.58. The summed E-state index contributed by atoms with van der Waals surface area (Å²) < 4.78 is 14.3. The minimum Gasteiger partial charge on any atom is -0.506 e. The second kappa shape index (κ2) is 15.8. The van der Waals surface area contributed by atoms with Gasteiger partial charge in [-0.2, -0.15) is 0 Å². The highest BCUT2D eigenvalue weighted by molar-refractivity contribution is 14.1. The summed E-state index contributed by atoms with van der Waals surface area (Å²) in [5, 5.41) is 22.7. The number of fused-ring (bicyclic) bond motifs is 1. The summed E-state index contributed by atoms with van der Waals surface area (Å²) in [6, 6.07) is 12.3. The normalized spacial score (nSPS) is 11.4. The maximum Gasteiger partial charge on any atom is 0.320 e. The van der Waals surface area contributed by atoms with Crippen molar-refractivity contribution in [2.45, 2.75) is 25.8 Å². The number of phenolic OH excluding ortho intramolecular Hbond substituents is 1. The lowest BCUT2D eigenvalue weighted by Crippen LogP contribution is -2.32. The Balaban J connectivity index is 0.000000239. The molecular weight excluding hydrogens is 982 g/mol. The third-order valence-corrected chi connectivity index (χ3v) is 9.03. The van der Waals surface area contributed by atoms with Crippen molar-refractivity contribution in [1.82, 2.24) is 10.3 Å². The first-order valence-electron chi connectivity index (χ1n) is 12.1. The minimum atomic E-state index is -1.02. The average Bonchev–Trinajstić information content (AvgIpc) is 3.31. The highest BCUT2D eigenvalue weighted by Gasteiger charge is 2.17. The molecule has 1 amide bonds. The Bertz CT molecular complexity index is 1510. The van der Waals surface area contributed by atoms with E-state index in [4.69, 9.17) is 20.3 Å². The number of methoxy groups -OCH3 is 1. The van der Waals surface area contributed by atoms with Gasteiger partial charge in [0.1, 0.15) is 23.3 Å². The second-order valence-electron chi connectivity index (χ2n) is 8.83. The first-order chi connectivity index (χ1) is 19.4. The van der Waals surface area contributed by atoms with Crippen molar-refractivity contribution in [3.63, 3.8) is 0 Å². The van der Waals surface area contributed by atoms with Gasteiger partial charge in [0.25, 0.3) is 0 Å². The van der Waals surface area contributed by atoms with Crippen LogP contribution in [-0.2, 0) is 22.4 Å². The zero-order valence-electron chi connectivity index (χ0n) is 21.9. The molecule has 0 aliphatic carbocycles. The number of carbonyl (C=O) groups is 2. The lowest BCUT2D eigenvalue weighted by molar-refractivity contribution is -0.138. The lowest BCUT2D eigenvalue weighted by atomic mass is 10.1. The van der Waals surface area contributed by atoms with Crippen molar-refractivity contribution < 1.29 is 29.3 Å². The van der Waals surface area contributed by atoms with Crippen LogP contribution < -0.4 is 20.5 Å². The molecule has 0 saturated heterocycles. The molecule has 0 fully saturated rings. The van der Waals surface area contributed by atoms with Gasteiger partial charge in [-0.25, -0.2) is 0 Å².